The van der Waals surface area contributed by atoms with Crippen LogP contribution in [0, 0.1) is 6.92 Å². The van der Waals surface area contributed by atoms with Gasteiger partial charge in [-0.25, -0.2) is 0 Å². The number of carbonyl (C=O) groups excluding carboxylic acids is 2. The minimum atomic E-state index is -0.214. The van der Waals surface area contributed by atoms with E-state index < -0.39 is 0 Å². The van der Waals surface area contributed by atoms with Gasteiger partial charge in [-0.2, -0.15) is 0 Å². The third kappa shape index (κ3) is 4.81. The summed E-state index contributed by atoms with van der Waals surface area (Å²) >= 11 is 9.98. The van der Waals surface area contributed by atoms with Gasteiger partial charge in [-0.05, 0) is 59.3 Å². The fourth-order valence-corrected chi connectivity index (χ4v) is 4.54. The molecule has 3 aromatic carbocycles. The van der Waals surface area contributed by atoms with Gasteiger partial charge in [0.25, 0.3) is 11.8 Å². The van der Waals surface area contributed by atoms with Crippen molar-refractivity contribution in [3.63, 3.8) is 0 Å². The molecule has 7 heteroatoms. The lowest BCUT2D eigenvalue weighted by atomic mass is 10.1. The van der Waals surface area contributed by atoms with Crippen molar-refractivity contribution in [2.75, 3.05) is 36.4 Å². The van der Waals surface area contributed by atoms with Crippen LogP contribution in [0.1, 0.15) is 26.3 Å². The number of halogens is 2. The molecule has 3 aromatic rings. The van der Waals surface area contributed by atoms with Crippen LogP contribution in [-0.2, 0) is 0 Å². The van der Waals surface area contributed by atoms with E-state index in [0.717, 1.165) is 15.7 Å². The zero-order valence-electron chi connectivity index (χ0n) is 17.6. The van der Waals surface area contributed by atoms with Crippen LogP contribution in [0.4, 0.5) is 11.4 Å². The van der Waals surface area contributed by atoms with E-state index in [9.17, 15) is 9.59 Å². The average molecular weight is 513 g/mol. The summed E-state index contributed by atoms with van der Waals surface area (Å²) in [5, 5.41) is 3.56. The van der Waals surface area contributed by atoms with E-state index in [-0.39, 0.29) is 11.8 Å². The fourth-order valence-electron chi connectivity index (χ4n) is 3.78. The summed E-state index contributed by atoms with van der Waals surface area (Å²) in [5.41, 5.74) is 3.80. The third-order valence-electron chi connectivity index (χ3n) is 5.54. The Labute approximate surface area is 201 Å². The molecule has 1 aliphatic heterocycles. The Balaban J connectivity index is 1.49. The molecule has 0 aromatic heterocycles. The number of nitrogens with zero attached hydrogens (tertiary/aromatic N) is 2. The van der Waals surface area contributed by atoms with E-state index in [1.807, 2.05) is 72.5 Å². The topological polar surface area (TPSA) is 52.7 Å². The molecular formula is C25H23BrClN3O2. The summed E-state index contributed by atoms with van der Waals surface area (Å²) in [7, 11) is 0. The van der Waals surface area contributed by atoms with Crippen LogP contribution in [0.2, 0.25) is 5.02 Å². The highest BCUT2D eigenvalue weighted by molar-refractivity contribution is 9.10. The van der Waals surface area contributed by atoms with Crippen LogP contribution >= 0.6 is 27.5 Å². The largest absolute Gasteiger partial charge is 0.365 e. The molecule has 1 fully saturated rings. The molecule has 4 rings (SSSR count). The van der Waals surface area contributed by atoms with Gasteiger partial charge in [0.2, 0.25) is 0 Å². The van der Waals surface area contributed by atoms with Gasteiger partial charge in [-0.3, -0.25) is 9.59 Å². The van der Waals surface area contributed by atoms with Crippen LogP contribution in [0.25, 0.3) is 0 Å². The number of piperazine rings is 1. The molecule has 0 bridgehead atoms. The van der Waals surface area contributed by atoms with Crippen molar-refractivity contribution >= 4 is 50.7 Å². The van der Waals surface area contributed by atoms with Crippen molar-refractivity contribution in [2.45, 2.75) is 6.92 Å². The number of hydrogen-bond donors (Lipinski definition) is 1. The van der Waals surface area contributed by atoms with E-state index in [2.05, 4.69) is 26.1 Å². The number of nitrogens with one attached hydrogen (secondary N) is 1. The molecular weight excluding hydrogens is 490 g/mol. The Morgan fingerprint density at radius 1 is 0.906 bits per heavy atom. The standard InChI is InChI=1S/C25H23BrClN3O2/c1-17-9-11-18(12-10-17)25(32)30-15-13-29(14-16-30)23-21(27)7-4-8-22(23)28-24(31)19-5-2-3-6-20(19)26/h2-12H,13-16H2,1H3,(H,28,31). The molecule has 1 N–H and O–H groups in total. The highest BCUT2D eigenvalue weighted by Crippen LogP contribution is 2.35. The van der Waals surface area contributed by atoms with Gasteiger partial charge >= 0.3 is 0 Å². The zero-order valence-corrected chi connectivity index (χ0v) is 20.0. The van der Waals surface area contributed by atoms with Crippen LogP contribution in [0.5, 0.6) is 0 Å². The first-order valence-corrected chi connectivity index (χ1v) is 11.6. The Bertz CT molecular complexity index is 1140. The summed E-state index contributed by atoms with van der Waals surface area (Å²) in [6.45, 7) is 4.41. The minimum Gasteiger partial charge on any atom is -0.365 e. The average Bonchev–Trinajstić information content (AvgIpc) is 2.80. The van der Waals surface area contributed by atoms with Crippen molar-refractivity contribution in [3.05, 3.63) is 92.9 Å². The van der Waals surface area contributed by atoms with Gasteiger partial charge in [0, 0.05) is 36.2 Å². The van der Waals surface area contributed by atoms with Crippen molar-refractivity contribution in [1.82, 2.24) is 4.90 Å². The lowest BCUT2D eigenvalue weighted by Gasteiger charge is -2.37. The van der Waals surface area contributed by atoms with Crippen LogP contribution in [0.15, 0.2) is 71.2 Å². The van der Waals surface area contributed by atoms with Crippen molar-refractivity contribution in [1.29, 1.82) is 0 Å². The van der Waals surface area contributed by atoms with Crippen LogP contribution in [0.3, 0.4) is 0 Å². The predicted molar refractivity (Wildman–Crippen MR) is 133 cm³/mol. The number of benzene rings is 3. The highest BCUT2D eigenvalue weighted by Gasteiger charge is 2.25. The molecule has 1 heterocycles. The number of hydrogen-bond acceptors (Lipinski definition) is 3. The Morgan fingerprint density at radius 3 is 2.28 bits per heavy atom. The second kappa shape index (κ2) is 9.76. The summed E-state index contributed by atoms with van der Waals surface area (Å²) in [6, 6.07) is 20.4. The quantitative estimate of drug-likeness (QED) is 0.493. The minimum absolute atomic E-state index is 0.0336. The number of aryl methyl sites for hydroxylation is 1. The van der Waals surface area contributed by atoms with Crippen LogP contribution in [-0.4, -0.2) is 42.9 Å². The molecule has 164 valence electrons. The third-order valence-corrected chi connectivity index (χ3v) is 6.53. The summed E-state index contributed by atoms with van der Waals surface area (Å²) < 4.78 is 0.726. The number of para-hydroxylation sites is 1. The van der Waals surface area contributed by atoms with E-state index >= 15 is 0 Å². The molecule has 0 radical (unpaired) electrons. The lowest BCUT2D eigenvalue weighted by Crippen LogP contribution is -2.49. The molecule has 2 amide bonds. The van der Waals surface area contributed by atoms with Crippen molar-refractivity contribution < 1.29 is 9.59 Å². The predicted octanol–water partition coefficient (Wildman–Crippen LogP) is 5.63. The second-order valence-corrected chi connectivity index (χ2v) is 8.98. The monoisotopic (exact) mass is 511 g/mol. The summed E-state index contributed by atoms with van der Waals surface area (Å²) in [4.78, 5) is 29.7. The van der Waals surface area contributed by atoms with E-state index in [0.29, 0.717) is 48.0 Å². The second-order valence-electron chi connectivity index (χ2n) is 7.72. The van der Waals surface area contributed by atoms with Crippen molar-refractivity contribution in [3.8, 4) is 0 Å². The first-order valence-electron chi connectivity index (χ1n) is 10.4. The maximum absolute atomic E-state index is 12.8. The molecule has 1 saturated heterocycles. The number of rotatable bonds is 4. The van der Waals surface area contributed by atoms with Gasteiger partial charge in [0.15, 0.2) is 0 Å². The van der Waals surface area contributed by atoms with Gasteiger partial charge in [-0.15, -0.1) is 0 Å². The maximum Gasteiger partial charge on any atom is 0.256 e. The van der Waals surface area contributed by atoms with Crippen molar-refractivity contribution in [2.24, 2.45) is 0 Å². The Hall–Kier alpha value is -2.83. The van der Waals surface area contributed by atoms with Gasteiger partial charge < -0.3 is 15.1 Å². The smallest absolute Gasteiger partial charge is 0.256 e. The Morgan fingerprint density at radius 2 is 1.59 bits per heavy atom. The fraction of sp³-hybridized carbons (Fsp3) is 0.200. The molecule has 0 aliphatic carbocycles. The number of carbonyl (C=O) groups is 2. The molecule has 32 heavy (non-hydrogen) atoms. The number of anilines is 2. The van der Waals surface area contributed by atoms with E-state index in [1.54, 1.807) is 6.07 Å². The Kier molecular flexibility index (Phi) is 6.82. The highest BCUT2D eigenvalue weighted by atomic mass is 79.9. The number of amides is 2. The molecule has 0 unspecified atom stereocenters. The lowest BCUT2D eigenvalue weighted by molar-refractivity contribution is 0.0746. The molecule has 0 atom stereocenters. The van der Waals surface area contributed by atoms with Gasteiger partial charge in [-0.1, -0.05) is 47.5 Å². The zero-order chi connectivity index (χ0) is 22.7. The molecule has 0 saturated carbocycles. The van der Waals surface area contributed by atoms with E-state index in [4.69, 9.17) is 11.6 Å². The maximum atomic E-state index is 12.8. The molecule has 5 nitrogen and oxygen atoms in total. The van der Waals surface area contributed by atoms with E-state index in [1.165, 1.54) is 0 Å². The first kappa shape index (κ1) is 22.4. The molecule has 0 spiro atoms. The summed E-state index contributed by atoms with van der Waals surface area (Å²) in [5.74, 6) is -0.180. The van der Waals surface area contributed by atoms with Gasteiger partial charge in [0.05, 0.1) is 22.0 Å². The normalized spacial score (nSPS) is 13.7. The van der Waals surface area contributed by atoms with Crippen LogP contribution < -0.4 is 10.2 Å². The first-order chi connectivity index (χ1) is 15.4. The SMILES string of the molecule is Cc1ccc(C(=O)N2CCN(c3c(Cl)cccc3NC(=O)c3ccccc3Br)CC2)cc1. The molecule has 1 aliphatic rings. The summed E-state index contributed by atoms with van der Waals surface area (Å²) in [6.07, 6.45) is 0. The van der Waals surface area contributed by atoms with Gasteiger partial charge in [0.1, 0.15) is 0 Å².